The molecule has 2 bridgehead atoms. The van der Waals surface area contributed by atoms with Crippen LogP contribution in [0.15, 0.2) is 12.1 Å². The fraction of sp³-hybridized carbons (Fsp3) is 0.562. The molecule has 1 aromatic heterocycles. The third kappa shape index (κ3) is 6.65. The number of hydrogen-bond acceptors (Lipinski definition) is 7. The van der Waals surface area contributed by atoms with Crippen LogP contribution in [0.25, 0.3) is 0 Å². The van der Waals surface area contributed by atoms with E-state index in [1.54, 1.807) is 29.0 Å². The summed E-state index contributed by atoms with van der Waals surface area (Å²) < 4.78 is 5.31. The first-order valence-corrected chi connectivity index (χ1v) is 8.09. The molecule has 0 aliphatic carbocycles. The van der Waals surface area contributed by atoms with Gasteiger partial charge in [0, 0.05) is 51.4 Å². The third-order valence-corrected chi connectivity index (χ3v) is 3.84. The molecule has 0 saturated carbocycles. The normalized spacial score (nSPS) is 17.3. The van der Waals surface area contributed by atoms with E-state index in [9.17, 15) is 9.59 Å². The lowest BCUT2D eigenvalue weighted by atomic mass is 10.2. The van der Waals surface area contributed by atoms with Crippen LogP contribution in [0.4, 0.5) is 0 Å². The van der Waals surface area contributed by atoms with E-state index in [-0.39, 0.29) is 13.1 Å². The number of nitrogens with one attached hydrogen (secondary N) is 1. The van der Waals surface area contributed by atoms with Crippen LogP contribution < -0.4 is 10.1 Å². The standard InChI is InChI=1S/C16H24N4O5/c1-25-14-6-12-8-19(10-15(21)22)4-2-17-3-5-20(11-16(23)24)9-13(7-14)18-12/h6-7,17H,2-5,8-11H2,1H3,(H,21,22)(H,23,24). The van der Waals surface area contributed by atoms with Crippen molar-refractivity contribution in [3.8, 4) is 5.75 Å². The zero-order valence-electron chi connectivity index (χ0n) is 14.3. The number of nitrogens with zero attached hydrogens (tertiary/aromatic N) is 3. The Bertz CT molecular complexity index is 564. The molecule has 0 amide bonds. The first kappa shape index (κ1) is 19.1. The Hall–Kier alpha value is -2.23. The van der Waals surface area contributed by atoms with Crippen LogP contribution in [0.5, 0.6) is 5.75 Å². The number of fused-ring (bicyclic) bond motifs is 2. The Morgan fingerprint density at radius 1 is 1.08 bits per heavy atom. The van der Waals surface area contributed by atoms with Crippen molar-refractivity contribution in [2.75, 3.05) is 46.4 Å². The van der Waals surface area contributed by atoms with Gasteiger partial charge >= 0.3 is 11.9 Å². The molecule has 2 rings (SSSR count). The average Bonchev–Trinajstić information content (AvgIpc) is 2.51. The molecule has 2 heterocycles. The van der Waals surface area contributed by atoms with Gasteiger partial charge in [0.2, 0.25) is 0 Å². The van der Waals surface area contributed by atoms with E-state index in [1.165, 1.54) is 0 Å². The fourth-order valence-electron chi connectivity index (χ4n) is 2.77. The van der Waals surface area contributed by atoms with Crippen LogP contribution >= 0.6 is 0 Å². The minimum Gasteiger partial charge on any atom is -0.497 e. The smallest absolute Gasteiger partial charge is 0.317 e. The molecule has 0 atom stereocenters. The summed E-state index contributed by atoms with van der Waals surface area (Å²) in [5.74, 6) is -1.15. The van der Waals surface area contributed by atoms with Crippen molar-refractivity contribution in [3.05, 3.63) is 23.5 Å². The minimum absolute atomic E-state index is 0.0684. The average molecular weight is 352 g/mol. The molecule has 1 aliphatic heterocycles. The SMILES string of the molecule is COc1cc2nc(c1)CN(CC(=O)O)CCNCCN(CC(=O)O)C2. The van der Waals surface area contributed by atoms with Crippen LogP contribution in [0.2, 0.25) is 0 Å². The molecule has 0 unspecified atom stereocenters. The molecule has 0 saturated heterocycles. The third-order valence-electron chi connectivity index (χ3n) is 3.84. The lowest BCUT2D eigenvalue weighted by Gasteiger charge is -2.24. The number of carboxylic acid groups (broad SMARTS) is 2. The summed E-state index contributed by atoms with van der Waals surface area (Å²) in [6.45, 7) is 2.98. The summed E-state index contributed by atoms with van der Waals surface area (Å²) >= 11 is 0. The molecule has 25 heavy (non-hydrogen) atoms. The van der Waals surface area contributed by atoms with Crippen LogP contribution in [-0.2, 0) is 22.7 Å². The molecule has 138 valence electrons. The summed E-state index contributed by atoms with van der Waals surface area (Å²) in [4.78, 5) is 30.3. The van der Waals surface area contributed by atoms with Crippen LogP contribution in [0, 0.1) is 0 Å². The Kier molecular flexibility index (Phi) is 7.11. The number of methoxy groups -OCH3 is 1. The number of hydrogen-bond donors (Lipinski definition) is 3. The molecule has 0 fully saturated rings. The number of pyridine rings is 1. The van der Waals surface area contributed by atoms with Crippen molar-refractivity contribution in [1.82, 2.24) is 20.1 Å². The van der Waals surface area contributed by atoms with E-state index in [1.807, 2.05) is 0 Å². The predicted octanol–water partition coefficient (Wildman–Crippen LogP) is -0.533. The van der Waals surface area contributed by atoms with E-state index in [0.29, 0.717) is 56.4 Å². The predicted molar refractivity (Wildman–Crippen MR) is 89.5 cm³/mol. The molecule has 3 N–H and O–H groups in total. The maximum absolute atomic E-state index is 11.1. The van der Waals surface area contributed by atoms with Crippen molar-refractivity contribution in [2.24, 2.45) is 0 Å². The van der Waals surface area contributed by atoms with E-state index in [0.717, 1.165) is 0 Å². The molecule has 1 aliphatic rings. The van der Waals surface area contributed by atoms with Gasteiger partial charge in [-0.05, 0) is 0 Å². The van der Waals surface area contributed by atoms with Gasteiger partial charge in [0.15, 0.2) is 0 Å². The van der Waals surface area contributed by atoms with Gasteiger partial charge in [0.25, 0.3) is 0 Å². The van der Waals surface area contributed by atoms with E-state index < -0.39 is 11.9 Å². The van der Waals surface area contributed by atoms with E-state index >= 15 is 0 Å². The van der Waals surface area contributed by atoms with Crippen LogP contribution in [-0.4, -0.2) is 83.3 Å². The summed E-state index contributed by atoms with van der Waals surface area (Å²) in [6.07, 6.45) is 0. The number of aliphatic carboxylic acids is 2. The molecular formula is C16H24N4O5. The molecule has 9 heteroatoms. The zero-order chi connectivity index (χ0) is 18.2. The summed E-state index contributed by atoms with van der Waals surface area (Å²) in [5, 5.41) is 21.4. The zero-order valence-corrected chi connectivity index (χ0v) is 14.3. The number of carboxylic acids is 2. The second kappa shape index (κ2) is 9.30. The highest BCUT2D eigenvalue weighted by atomic mass is 16.5. The lowest BCUT2D eigenvalue weighted by Crippen LogP contribution is -2.40. The lowest BCUT2D eigenvalue weighted by molar-refractivity contribution is -0.139. The monoisotopic (exact) mass is 352 g/mol. The Morgan fingerprint density at radius 3 is 1.96 bits per heavy atom. The Morgan fingerprint density at radius 2 is 1.56 bits per heavy atom. The first-order chi connectivity index (χ1) is 12.0. The maximum Gasteiger partial charge on any atom is 0.317 e. The molecular weight excluding hydrogens is 328 g/mol. The van der Waals surface area contributed by atoms with Gasteiger partial charge in [-0.3, -0.25) is 24.4 Å². The van der Waals surface area contributed by atoms with E-state index in [2.05, 4.69) is 10.3 Å². The summed E-state index contributed by atoms with van der Waals surface area (Å²) in [7, 11) is 1.56. The Balaban J connectivity index is 2.26. The first-order valence-electron chi connectivity index (χ1n) is 8.09. The summed E-state index contributed by atoms with van der Waals surface area (Å²) in [6, 6.07) is 3.55. The molecule has 0 radical (unpaired) electrons. The number of ether oxygens (including phenoxy) is 1. The largest absolute Gasteiger partial charge is 0.497 e. The van der Waals surface area contributed by atoms with Crippen molar-refractivity contribution in [1.29, 1.82) is 0 Å². The molecule has 0 spiro atoms. The second-order valence-electron chi connectivity index (χ2n) is 5.95. The van der Waals surface area contributed by atoms with Gasteiger partial charge in [-0.1, -0.05) is 0 Å². The van der Waals surface area contributed by atoms with E-state index in [4.69, 9.17) is 14.9 Å². The summed E-state index contributed by atoms with van der Waals surface area (Å²) in [5.41, 5.74) is 1.40. The van der Waals surface area contributed by atoms with Crippen molar-refractivity contribution in [2.45, 2.75) is 13.1 Å². The highest BCUT2D eigenvalue weighted by Gasteiger charge is 2.16. The maximum atomic E-state index is 11.1. The van der Waals surface area contributed by atoms with Gasteiger partial charge in [-0.15, -0.1) is 0 Å². The van der Waals surface area contributed by atoms with Gasteiger partial charge in [-0.25, -0.2) is 0 Å². The molecule has 0 aromatic carbocycles. The topological polar surface area (TPSA) is 115 Å². The van der Waals surface area contributed by atoms with Crippen molar-refractivity contribution >= 4 is 11.9 Å². The van der Waals surface area contributed by atoms with Gasteiger partial charge in [-0.2, -0.15) is 0 Å². The Labute approximate surface area is 146 Å². The fourth-order valence-corrected chi connectivity index (χ4v) is 2.77. The van der Waals surface area contributed by atoms with Gasteiger partial charge < -0.3 is 20.3 Å². The van der Waals surface area contributed by atoms with Crippen LogP contribution in [0.1, 0.15) is 11.4 Å². The number of aromatic nitrogens is 1. The number of carbonyl (C=O) groups is 2. The molecule has 9 nitrogen and oxygen atoms in total. The van der Waals surface area contributed by atoms with Crippen molar-refractivity contribution < 1.29 is 24.5 Å². The van der Waals surface area contributed by atoms with Gasteiger partial charge in [0.1, 0.15) is 5.75 Å². The molecule has 1 aromatic rings. The van der Waals surface area contributed by atoms with Crippen LogP contribution in [0.3, 0.4) is 0 Å². The minimum atomic E-state index is -0.886. The second-order valence-corrected chi connectivity index (χ2v) is 5.95. The van der Waals surface area contributed by atoms with Crippen molar-refractivity contribution in [3.63, 3.8) is 0 Å². The highest BCUT2D eigenvalue weighted by molar-refractivity contribution is 5.69. The van der Waals surface area contributed by atoms with Gasteiger partial charge in [0.05, 0.1) is 31.6 Å². The quantitative estimate of drug-likeness (QED) is 0.643. The highest BCUT2D eigenvalue weighted by Crippen LogP contribution is 2.17. The number of rotatable bonds is 5.